The number of rotatable bonds is 3. The molecule has 0 radical (unpaired) electrons. The fraction of sp³-hybridized carbons (Fsp3) is 0.0556. The summed E-state index contributed by atoms with van der Waals surface area (Å²) in [6.07, 6.45) is 1.47. The van der Waals surface area contributed by atoms with Crippen LogP contribution in [0, 0.1) is 6.92 Å². The van der Waals surface area contributed by atoms with Gasteiger partial charge in [-0.15, -0.1) is 5.10 Å². The minimum atomic E-state index is -0.420. The Morgan fingerprint density at radius 1 is 1.12 bits per heavy atom. The maximum absolute atomic E-state index is 12.4. The van der Waals surface area contributed by atoms with Crippen LogP contribution < -0.4 is 10.9 Å². The highest BCUT2D eigenvalue weighted by molar-refractivity contribution is 6.05. The summed E-state index contributed by atoms with van der Waals surface area (Å²) in [4.78, 5) is 23.9. The van der Waals surface area contributed by atoms with E-state index >= 15 is 0 Å². The number of fused-ring (bicyclic) bond motifs is 1. The van der Waals surface area contributed by atoms with Crippen molar-refractivity contribution < 1.29 is 9.21 Å². The topological polar surface area (TPSA) is 103 Å². The van der Waals surface area contributed by atoms with Crippen LogP contribution in [0.2, 0.25) is 0 Å². The fourth-order valence-electron chi connectivity index (χ4n) is 2.65. The summed E-state index contributed by atoms with van der Waals surface area (Å²) in [6.45, 7) is 1.84. The molecule has 0 fully saturated rings. The van der Waals surface area contributed by atoms with Gasteiger partial charge in [-0.2, -0.15) is 0 Å². The van der Waals surface area contributed by atoms with E-state index in [4.69, 9.17) is 4.42 Å². The number of amides is 1. The van der Waals surface area contributed by atoms with Crippen LogP contribution in [0.1, 0.15) is 15.9 Å². The van der Waals surface area contributed by atoms with Crippen LogP contribution in [0.25, 0.3) is 16.7 Å². The van der Waals surface area contributed by atoms with Gasteiger partial charge in [-0.1, -0.05) is 0 Å². The van der Waals surface area contributed by atoms with Crippen LogP contribution in [0.4, 0.5) is 5.69 Å². The van der Waals surface area contributed by atoms with Crippen LogP contribution in [0.5, 0.6) is 0 Å². The molecule has 26 heavy (non-hydrogen) atoms. The number of benzene rings is 2. The van der Waals surface area contributed by atoms with Crippen molar-refractivity contribution in [2.45, 2.75) is 6.92 Å². The number of hydrogen-bond acceptors (Lipinski definition) is 6. The quantitative estimate of drug-likeness (QED) is 0.571. The number of aromatic nitrogens is 4. The molecule has 0 atom stereocenters. The van der Waals surface area contributed by atoms with Gasteiger partial charge in [-0.25, -0.2) is 9.48 Å². The molecule has 2 heterocycles. The van der Waals surface area contributed by atoms with E-state index in [1.165, 1.54) is 17.1 Å². The van der Waals surface area contributed by atoms with Gasteiger partial charge in [0, 0.05) is 28.8 Å². The first kappa shape index (κ1) is 15.7. The number of nitrogens with one attached hydrogen (secondary N) is 1. The van der Waals surface area contributed by atoms with E-state index in [1.54, 1.807) is 36.4 Å². The Morgan fingerprint density at radius 3 is 2.65 bits per heavy atom. The average Bonchev–Trinajstić information content (AvgIpc) is 3.16. The monoisotopic (exact) mass is 347 g/mol. The zero-order valence-corrected chi connectivity index (χ0v) is 13.7. The molecule has 0 aliphatic heterocycles. The van der Waals surface area contributed by atoms with Crippen molar-refractivity contribution in [1.82, 2.24) is 20.2 Å². The van der Waals surface area contributed by atoms with Crippen LogP contribution in [0.3, 0.4) is 0 Å². The van der Waals surface area contributed by atoms with E-state index in [2.05, 4.69) is 20.8 Å². The van der Waals surface area contributed by atoms with Crippen molar-refractivity contribution in [2.24, 2.45) is 0 Å². The van der Waals surface area contributed by atoms with Crippen molar-refractivity contribution >= 4 is 22.6 Å². The largest absolute Gasteiger partial charge is 0.423 e. The van der Waals surface area contributed by atoms with Crippen LogP contribution in [0.15, 0.2) is 64.1 Å². The van der Waals surface area contributed by atoms with Crippen molar-refractivity contribution in [2.75, 3.05) is 5.32 Å². The SMILES string of the molecule is Cc1cc(=O)oc2cc(NC(=O)c3ccc(-n4cnnn4)cc3)ccc12. The maximum atomic E-state index is 12.4. The predicted octanol–water partition coefficient (Wildman–Crippen LogP) is 2.33. The molecule has 0 spiro atoms. The molecule has 0 saturated heterocycles. The molecule has 0 bridgehead atoms. The normalized spacial score (nSPS) is 10.8. The fourth-order valence-corrected chi connectivity index (χ4v) is 2.65. The second-order valence-corrected chi connectivity index (χ2v) is 5.71. The summed E-state index contributed by atoms with van der Waals surface area (Å²) in [5, 5.41) is 14.6. The molecule has 0 saturated carbocycles. The molecule has 4 rings (SSSR count). The lowest BCUT2D eigenvalue weighted by Gasteiger charge is -2.07. The molecule has 8 heteroatoms. The zero-order chi connectivity index (χ0) is 18.1. The first-order chi connectivity index (χ1) is 12.6. The zero-order valence-electron chi connectivity index (χ0n) is 13.7. The molecule has 128 valence electrons. The first-order valence-electron chi connectivity index (χ1n) is 7.79. The third kappa shape index (κ3) is 2.95. The summed E-state index contributed by atoms with van der Waals surface area (Å²) in [5.74, 6) is -0.275. The van der Waals surface area contributed by atoms with Gasteiger partial charge in [0.25, 0.3) is 5.91 Å². The Kier molecular flexibility index (Phi) is 3.77. The molecule has 0 unspecified atom stereocenters. The lowest BCUT2D eigenvalue weighted by molar-refractivity contribution is 0.102. The molecule has 4 aromatic rings. The highest BCUT2D eigenvalue weighted by Crippen LogP contribution is 2.21. The number of tetrazole rings is 1. The van der Waals surface area contributed by atoms with Gasteiger partial charge >= 0.3 is 5.63 Å². The molecule has 8 nitrogen and oxygen atoms in total. The number of anilines is 1. The minimum absolute atomic E-state index is 0.275. The number of nitrogens with zero attached hydrogens (tertiary/aromatic N) is 4. The van der Waals surface area contributed by atoms with E-state index in [0.717, 1.165) is 16.6 Å². The molecule has 1 N–H and O–H groups in total. The van der Waals surface area contributed by atoms with Gasteiger partial charge in [-0.3, -0.25) is 4.79 Å². The van der Waals surface area contributed by atoms with E-state index < -0.39 is 5.63 Å². The Balaban J connectivity index is 1.58. The second kappa shape index (κ2) is 6.25. The van der Waals surface area contributed by atoms with Crippen LogP contribution in [-0.2, 0) is 0 Å². The number of aryl methyl sites for hydroxylation is 1. The minimum Gasteiger partial charge on any atom is -0.423 e. The lowest BCUT2D eigenvalue weighted by Crippen LogP contribution is -2.12. The highest BCUT2D eigenvalue weighted by atomic mass is 16.4. The van der Waals surface area contributed by atoms with Crippen LogP contribution in [-0.4, -0.2) is 26.1 Å². The summed E-state index contributed by atoms with van der Waals surface area (Å²) in [6, 6.07) is 13.5. The number of hydrogen-bond donors (Lipinski definition) is 1. The van der Waals surface area contributed by atoms with Gasteiger partial charge in [0.05, 0.1) is 5.69 Å². The molecule has 2 aromatic carbocycles. The van der Waals surface area contributed by atoms with Crippen molar-refractivity contribution in [3.63, 3.8) is 0 Å². The molecular weight excluding hydrogens is 334 g/mol. The third-order valence-corrected chi connectivity index (χ3v) is 3.95. The highest BCUT2D eigenvalue weighted by Gasteiger charge is 2.09. The molecule has 2 aromatic heterocycles. The van der Waals surface area contributed by atoms with E-state index in [-0.39, 0.29) is 5.91 Å². The van der Waals surface area contributed by atoms with E-state index in [1.807, 2.05) is 13.0 Å². The van der Waals surface area contributed by atoms with Gasteiger partial charge in [-0.05, 0) is 59.3 Å². The summed E-state index contributed by atoms with van der Waals surface area (Å²) in [5.41, 5.74) is 2.61. The first-order valence-corrected chi connectivity index (χ1v) is 7.79. The average molecular weight is 347 g/mol. The van der Waals surface area contributed by atoms with Gasteiger partial charge < -0.3 is 9.73 Å². The Bertz CT molecular complexity index is 1150. The van der Waals surface area contributed by atoms with Crippen molar-refractivity contribution in [3.05, 3.63) is 76.4 Å². The number of carbonyl (C=O) groups is 1. The third-order valence-electron chi connectivity index (χ3n) is 3.95. The molecule has 0 aliphatic carbocycles. The van der Waals surface area contributed by atoms with Gasteiger partial charge in [0.15, 0.2) is 0 Å². The Morgan fingerprint density at radius 2 is 1.92 bits per heavy atom. The summed E-state index contributed by atoms with van der Waals surface area (Å²) in [7, 11) is 0. The van der Waals surface area contributed by atoms with Crippen molar-refractivity contribution in [3.8, 4) is 5.69 Å². The van der Waals surface area contributed by atoms with E-state index in [9.17, 15) is 9.59 Å². The van der Waals surface area contributed by atoms with Crippen LogP contribution >= 0.6 is 0 Å². The van der Waals surface area contributed by atoms with Gasteiger partial charge in [0.1, 0.15) is 11.9 Å². The second-order valence-electron chi connectivity index (χ2n) is 5.71. The smallest absolute Gasteiger partial charge is 0.336 e. The predicted molar refractivity (Wildman–Crippen MR) is 94.3 cm³/mol. The van der Waals surface area contributed by atoms with Gasteiger partial charge in [0.2, 0.25) is 0 Å². The maximum Gasteiger partial charge on any atom is 0.336 e. The molecule has 1 amide bonds. The van der Waals surface area contributed by atoms with E-state index in [0.29, 0.717) is 16.8 Å². The van der Waals surface area contributed by atoms with Crippen molar-refractivity contribution in [1.29, 1.82) is 0 Å². The lowest BCUT2D eigenvalue weighted by atomic mass is 10.1. The summed E-state index contributed by atoms with van der Waals surface area (Å²) >= 11 is 0. The Labute approximate surface area is 147 Å². The molecular formula is C18H13N5O3. The Hall–Kier alpha value is -3.81. The number of carbonyl (C=O) groups excluding carboxylic acids is 1. The standard InChI is InChI=1S/C18H13N5O3/c1-11-8-17(24)26-16-9-13(4-7-15(11)16)20-18(25)12-2-5-14(6-3-12)23-10-19-21-22-23/h2-10H,1H3,(H,20,25). The molecule has 0 aliphatic rings. The summed E-state index contributed by atoms with van der Waals surface area (Å²) < 4.78 is 6.69.